The molecule has 5 heteroatoms. The summed E-state index contributed by atoms with van der Waals surface area (Å²) in [4.78, 5) is 4.15. The second-order valence-electron chi connectivity index (χ2n) is 4.63. The normalized spacial score (nSPS) is 12.2. The molecule has 0 saturated carbocycles. The number of methoxy groups -OCH3 is 1. The summed E-state index contributed by atoms with van der Waals surface area (Å²) < 4.78 is 18.6. The molecular weight excluding hydrogens is 323 g/mol. The number of nitrogens with zero attached hydrogens (tertiary/aromatic N) is 1. The lowest BCUT2D eigenvalue weighted by atomic mass is 10.0. The molecule has 1 aromatic carbocycles. The standard InChI is InChI=1S/C15H16BrFN2O/c1-20-15-5-3-11(9-19-15)7-12(18)6-10-2-4-14(17)13(16)8-10/h2-5,8-9,12H,6-7,18H2,1H3. The van der Waals surface area contributed by atoms with Gasteiger partial charge in [0, 0.05) is 18.3 Å². The van der Waals surface area contributed by atoms with Crippen molar-refractivity contribution < 1.29 is 9.13 Å². The summed E-state index contributed by atoms with van der Waals surface area (Å²) in [5.74, 6) is 0.325. The fourth-order valence-electron chi connectivity index (χ4n) is 2.00. The second kappa shape index (κ2) is 6.81. The van der Waals surface area contributed by atoms with E-state index < -0.39 is 0 Å². The first kappa shape index (κ1) is 14.9. The van der Waals surface area contributed by atoms with Crippen molar-refractivity contribution in [2.24, 2.45) is 5.73 Å². The van der Waals surface area contributed by atoms with Crippen molar-refractivity contribution in [3.05, 3.63) is 57.9 Å². The molecule has 1 aromatic heterocycles. The van der Waals surface area contributed by atoms with E-state index in [2.05, 4.69) is 20.9 Å². The smallest absolute Gasteiger partial charge is 0.212 e. The molecule has 0 aliphatic rings. The lowest BCUT2D eigenvalue weighted by Gasteiger charge is -2.12. The van der Waals surface area contributed by atoms with Crippen molar-refractivity contribution >= 4 is 15.9 Å². The van der Waals surface area contributed by atoms with Gasteiger partial charge >= 0.3 is 0 Å². The summed E-state index contributed by atoms with van der Waals surface area (Å²) in [5.41, 5.74) is 8.19. The molecule has 0 radical (unpaired) electrons. The van der Waals surface area contributed by atoms with E-state index in [9.17, 15) is 4.39 Å². The van der Waals surface area contributed by atoms with Gasteiger partial charge in [0.05, 0.1) is 11.6 Å². The van der Waals surface area contributed by atoms with Crippen molar-refractivity contribution in [2.45, 2.75) is 18.9 Å². The summed E-state index contributed by atoms with van der Waals surface area (Å²) in [5, 5.41) is 0. The van der Waals surface area contributed by atoms with Crippen LogP contribution >= 0.6 is 15.9 Å². The molecule has 2 aromatic rings. The van der Waals surface area contributed by atoms with Gasteiger partial charge in [-0.1, -0.05) is 12.1 Å². The third-order valence-electron chi connectivity index (χ3n) is 2.99. The molecule has 0 spiro atoms. The van der Waals surface area contributed by atoms with Crippen molar-refractivity contribution in [1.29, 1.82) is 0 Å². The highest BCUT2D eigenvalue weighted by Gasteiger charge is 2.08. The number of aromatic nitrogens is 1. The molecule has 1 unspecified atom stereocenters. The topological polar surface area (TPSA) is 48.1 Å². The third-order valence-corrected chi connectivity index (χ3v) is 3.59. The Morgan fingerprint density at radius 3 is 2.55 bits per heavy atom. The van der Waals surface area contributed by atoms with Crippen molar-refractivity contribution in [2.75, 3.05) is 7.11 Å². The molecular formula is C15H16BrFN2O. The Hall–Kier alpha value is -1.46. The number of halogens is 2. The minimum absolute atomic E-state index is 0.0393. The summed E-state index contributed by atoms with van der Waals surface area (Å²) in [7, 11) is 1.58. The van der Waals surface area contributed by atoms with Gasteiger partial charge in [0.2, 0.25) is 5.88 Å². The highest BCUT2D eigenvalue weighted by molar-refractivity contribution is 9.10. The van der Waals surface area contributed by atoms with Gasteiger partial charge in [-0.15, -0.1) is 0 Å². The first-order valence-corrected chi connectivity index (χ1v) is 7.06. The lowest BCUT2D eigenvalue weighted by molar-refractivity contribution is 0.397. The molecule has 1 heterocycles. The average molecular weight is 339 g/mol. The fraction of sp³-hybridized carbons (Fsp3) is 0.267. The Morgan fingerprint density at radius 1 is 1.25 bits per heavy atom. The van der Waals surface area contributed by atoms with Crippen LogP contribution in [-0.4, -0.2) is 18.1 Å². The van der Waals surface area contributed by atoms with Gasteiger partial charge in [0.25, 0.3) is 0 Å². The zero-order valence-electron chi connectivity index (χ0n) is 11.1. The van der Waals surface area contributed by atoms with Gasteiger partial charge in [-0.05, 0) is 52.0 Å². The predicted octanol–water partition coefficient (Wildman–Crippen LogP) is 3.10. The van der Waals surface area contributed by atoms with E-state index in [1.165, 1.54) is 6.07 Å². The minimum Gasteiger partial charge on any atom is -0.481 e. The second-order valence-corrected chi connectivity index (χ2v) is 5.48. The molecule has 106 valence electrons. The van der Waals surface area contributed by atoms with Crippen LogP contribution in [0.1, 0.15) is 11.1 Å². The molecule has 0 saturated heterocycles. The molecule has 0 amide bonds. The highest BCUT2D eigenvalue weighted by atomic mass is 79.9. The highest BCUT2D eigenvalue weighted by Crippen LogP contribution is 2.18. The van der Waals surface area contributed by atoms with E-state index in [1.54, 1.807) is 25.4 Å². The summed E-state index contributed by atoms with van der Waals surface area (Å²) in [6.07, 6.45) is 3.16. The maximum atomic E-state index is 13.2. The van der Waals surface area contributed by atoms with E-state index in [4.69, 9.17) is 10.5 Å². The number of nitrogens with two attached hydrogens (primary N) is 1. The molecule has 0 aliphatic carbocycles. The number of hydrogen-bond donors (Lipinski definition) is 1. The molecule has 3 nitrogen and oxygen atoms in total. The zero-order valence-corrected chi connectivity index (χ0v) is 12.7. The maximum Gasteiger partial charge on any atom is 0.212 e. The van der Waals surface area contributed by atoms with Crippen LogP contribution in [0.3, 0.4) is 0 Å². The van der Waals surface area contributed by atoms with Gasteiger partial charge in [-0.2, -0.15) is 0 Å². The van der Waals surface area contributed by atoms with Crippen LogP contribution in [0.15, 0.2) is 41.0 Å². The third kappa shape index (κ3) is 4.02. The van der Waals surface area contributed by atoms with Crippen LogP contribution < -0.4 is 10.5 Å². The van der Waals surface area contributed by atoms with Crippen LogP contribution in [-0.2, 0) is 12.8 Å². The maximum absolute atomic E-state index is 13.2. The Kier molecular flexibility index (Phi) is 5.09. The Balaban J connectivity index is 1.97. The van der Waals surface area contributed by atoms with Gasteiger partial charge in [-0.25, -0.2) is 9.37 Å². The van der Waals surface area contributed by atoms with Gasteiger partial charge < -0.3 is 10.5 Å². The number of pyridine rings is 1. The largest absolute Gasteiger partial charge is 0.481 e. The Labute approximate surface area is 126 Å². The van der Waals surface area contributed by atoms with E-state index in [1.807, 2.05) is 12.1 Å². The number of rotatable bonds is 5. The summed E-state index contributed by atoms with van der Waals surface area (Å²) >= 11 is 3.18. The quantitative estimate of drug-likeness (QED) is 0.911. The van der Waals surface area contributed by atoms with Crippen LogP contribution in [0.5, 0.6) is 5.88 Å². The monoisotopic (exact) mass is 338 g/mol. The first-order chi connectivity index (χ1) is 9.58. The number of benzene rings is 1. The predicted molar refractivity (Wildman–Crippen MR) is 80.3 cm³/mol. The van der Waals surface area contributed by atoms with Crippen molar-refractivity contribution in [1.82, 2.24) is 4.98 Å². The van der Waals surface area contributed by atoms with Crippen molar-refractivity contribution in [3.63, 3.8) is 0 Å². The van der Waals surface area contributed by atoms with E-state index >= 15 is 0 Å². The lowest BCUT2D eigenvalue weighted by Crippen LogP contribution is -2.25. The first-order valence-electron chi connectivity index (χ1n) is 6.27. The molecule has 0 fully saturated rings. The molecule has 0 bridgehead atoms. The van der Waals surface area contributed by atoms with Crippen LogP contribution in [0.2, 0.25) is 0 Å². The molecule has 2 N–H and O–H groups in total. The minimum atomic E-state index is -0.262. The molecule has 0 aliphatic heterocycles. The van der Waals surface area contributed by atoms with E-state index in [-0.39, 0.29) is 11.9 Å². The van der Waals surface area contributed by atoms with Crippen LogP contribution in [0.4, 0.5) is 4.39 Å². The van der Waals surface area contributed by atoms with Crippen LogP contribution in [0.25, 0.3) is 0 Å². The molecule has 2 rings (SSSR count). The number of hydrogen-bond acceptors (Lipinski definition) is 3. The molecule has 1 atom stereocenters. The van der Waals surface area contributed by atoms with Crippen molar-refractivity contribution in [3.8, 4) is 5.88 Å². The van der Waals surface area contributed by atoms with Gasteiger partial charge in [0.15, 0.2) is 0 Å². The Bertz CT molecular complexity index is 575. The number of ether oxygens (including phenoxy) is 1. The van der Waals surface area contributed by atoms with E-state index in [0.29, 0.717) is 23.2 Å². The summed E-state index contributed by atoms with van der Waals surface area (Å²) in [6, 6.07) is 8.69. The Morgan fingerprint density at radius 2 is 1.95 bits per heavy atom. The zero-order chi connectivity index (χ0) is 14.5. The van der Waals surface area contributed by atoms with Gasteiger partial charge in [0.1, 0.15) is 5.82 Å². The van der Waals surface area contributed by atoms with Gasteiger partial charge in [-0.3, -0.25) is 0 Å². The SMILES string of the molecule is COc1ccc(CC(N)Cc2ccc(F)c(Br)c2)cn1. The average Bonchev–Trinajstić information content (AvgIpc) is 2.44. The fourth-order valence-corrected chi connectivity index (χ4v) is 2.42. The van der Waals surface area contributed by atoms with Crippen LogP contribution in [0, 0.1) is 5.82 Å². The van der Waals surface area contributed by atoms with E-state index in [0.717, 1.165) is 11.1 Å². The summed E-state index contributed by atoms with van der Waals surface area (Å²) in [6.45, 7) is 0. The molecule has 20 heavy (non-hydrogen) atoms.